The van der Waals surface area contributed by atoms with E-state index in [-0.39, 0.29) is 18.4 Å². The Bertz CT molecular complexity index is 757. The smallest absolute Gasteiger partial charge is 0.250 e. The van der Waals surface area contributed by atoms with Crippen molar-refractivity contribution < 1.29 is 18.7 Å². The first-order chi connectivity index (χ1) is 12.9. The van der Waals surface area contributed by atoms with E-state index in [0.717, 1.165) is 17.0 Å². The van der Waals surface area contributed by atoms with Gasteiger partial charge in [0.2, 0.25) is 11.8 Å². The Morgan fingerprint density at radius 2 is 1.96 bits per heavy atom. The molecule has 1 aromatic carbocycles. The van der Waals surface area contributed by atoms with Crippen molar-refractivity contribution >= 4 is 23.2 Å². The number of nitrogens with zero attached hydrogens (tertiary/aromatic N) is 2. The van der Waals surface area contributed by atoms with Crippen LogP contribution in [-0.4, -0.2) is 44.5 Å². The normalized spacial score (nSPS) is 10.5. The van der Waals surface area contributed by atoms with Gasteiger partial charge in [-0.15, -0.1) is 0 Å². The maximum absolute atomic E-state index is 12.5. The Hall–Kier alpha value is -2.80. The second kappa shape index (κ2) is 9.78. The topological polar surface area (TPSA) is 75.0 Å². The van der Waals surface area contributed by atoms with Crippen molar-refractivity contribution in [2.24, 2.45) is 0 Å². The minimum Gasteiger partial charge on any atom is -0.467 e. The van der Waals surface area contributed by atoms with Crippen LogP contribution in [0, 0.1) is 0 Å². The number of methoxy groups -OCH3 is 1. The number of hydrogen-bond acceptors (Lipinski definition) is 5. The quantitative estimate of drug-likeness (QED) is 0.732. The van der Waals surface area contributed by atoms with Gasteiger partial charge in [0.25, 0.3) is 0 Å². The van der Waals surface area contributed by atoms with Crippen LogP contribution in [0.2, 0.25) is 0 Å². The van der Waals surface area contributed by atoms with Crippen LogP contribution in [0.5, 0.6) is 0 Å². The Balaban J connectivity index is 2.28. The molecule has 2 amide bonds. The van der Waals surface area contributed by atoms with Crippen LogP contribution in [0.4, 0.5) is 11.4 Å². The molecule has 7 heteroatoms. The molecule has 0 aliphatic rings. The highest BCUT2D eigenvalue weighted by atomic mass is 16.5. The molecule has 0 aliphatic carbocycles. The van der Waals surface area contributed by atoms with E-state index in [2.05, 4.69) is 5.32 Å². The van der Waals surface area contributed by atoms with Crippen LogP contribution in [0.3, 0.4) is 0 Å². The summed E-state index contributed by atoms with van der Waals surface area (Å²) in [6.07, 6.45) is 2.00. The van der Waals surface area contributed by atoms with Crippen molar-refractivity contribution in [1.82, 2.24) is 4.90 Å². The zero-order valence-corrected chi connectivity index (χ0v) is 16.3. The number of rotatable bonds is 9. The summed E-state index contributed by atoms with van der Waals surface area (Å²) in [6.45, 7) is 2.64. The Kier molecular flexibility index (Phi) is 7.43. The van der Waals surface area contributed by atoms with Crippen LogP contribution < -0.4 is 10.2 Å². The highest BCUT2D eigenvalue weighted by molar-refractivity contribution is 5.92. The van der Waals surface area contributed by atoms with Crippen molar-refractivity contribution in [3.63, 3.8) is 0 Å². The van der Waals surface area contributed by atoms with Crippen molar-refractivity contribution in [3.05, 3.63) is 47.9 Å². The molecule has 0 radical (unpaired) electrons. The molecular formula is C20H27N3O4. The minimum absolute atomic E-state index is 0.0102. The highest BCUT2D eigenvalue weighted by Crippen LogP contribution is 2.25. The van der Waals surface area contributed by atoms with Gasteiger partial charge in [0.15, 0.2) is 0 Å². The lowest BCUT2D eigenvalue weighted by Crippen LogP contribution is -2.30. The van der Waals surface area contributed by atoms with Crippen LogP contribution in [-0.2, 0) is 27.4 Å². The predicted octanol–water partition coefficient (Wildman–Crippen LogP) is 2.87. The Morgan fingerprint density at radius 3 is 2.56 bits per heavy atom. The molecule has 27 heavy (non-hydrogen) atoms. The molecule has 0 spiro atoms. The third-order valence-corrected chi connectivity index (χ3v) is 4.06. The minimum atomic E-state index is -0.224. The summed E-state index contributed by atoms with van der Waals surface area (Å²) in [5.74, 6) is 0.538. The fourth-order valence-electron chi connectivity index (χ4n) is 2.81. The maximum atomic E-state index is 12.5. The van der Waals surface area contributed by atoms with Gasteiger partial charge >= 0.3 is 0 Å². The number of amides is 2. The molecule has 7 nitrogen and oxygen atoms in total. The first-order valence-electron chi connectivity index (χ1n) is 8.83. The summed E-state index contributed by atoms with van der Waals surface area (Å²) in [4.78, 5) is 28.0. The van der Waals surface area contributed by atoms with Crippen LogP contribution in [0.15, 0.2) is 41.0 Å². The van der Waals surface area contributed by atoms with E-state index >= 15 is 0 Å². The zero-order valence-electron chi connectivity index (χ0n) is 16.3. The maximum Gasteiger partial charge on any atom is 0.250 e. The van der Waals surface area contributed by atoms with Gasteiger partial charge in [-0.3, -0.25) is 9.59 Å². The number of carbonyl (C=O) groups is 2. The van der Waals surface area contributed by atoms with Gasteiger partial charge in [0.05, 0.1) is 12.8 Å². The Labute approximate surface area is 159 Å². The van der Waals surface area contributed by atoms with Crippen molar-refractivity contribution in [2.45, 2.75) is 26.4 Å². The molecule has 146 valence electrons. The van der Waals surface area contributed by atoms with Gasteiger partial charge in [-0.1, -0.05) is 6.92 Å². The lowest BCUT2D eigenvalue weighted by molar-refractivity contribution is -0.132. The average Bonchev–Trinajstić information content (AvgIpc) is 3.13. The molecule has 0 saturated heterocycles. The van der Waals surface area contributed by atoms with Gasteiger partial charge in [0, 0.05) is 45.5 Å². The highest BCUT2D eigenvalue weighted by Gasteiger charge is 2.17. The van der Waals surface area contributed by atoms with E-state index in [1.54, 1.807) is 17.2 Å². The Morgan fingerprint density at radius 1 is 1.19 bits per heavy atom. The molecular weight excluding hydrogens is 346 g/mol. The molecule has 0 atom stereocenters. The van der Waals surface area contributed by atoms with Gasteiger partial charge < -0.3 is 24.3 Å². The SMILES string of the molecule is CCC(=O)N(Cc1ccco1)Cc1cc(NC(=O)COC)ccc1N(C)C. The summed E-state index contributed by atoms with van der Waals surface area (Å²) < 4.78 is 10.3. The summed E-state index contributed by atoms with van der Waals surface area (Å²) in [5, 5.41) is 2.81. The third-order valence-electron chi connectivity index (χ3n) is 4.06. The molecule has 1 aromatic heterocycles. The van der Waals surface area contributed by atoms with Gasteiger partial charge in [-0.25, -0.2) is 0 Å². The zero-order chi connectivity index (χ0) is 19.8. The molecule has 2 rings (SSSR count). The molecule has 2 aromatic rings. The van der Waals surface area contributed by atoms with Crippen LogP contribution >= 0.6 is 0 Å². The first kappa shape index (κ1) is 20.5. The molecule has 0 unspecified atom stereocenters. The van der Waals surface area contributed by atoms with Crippen LogP contribution in [0.1, 0.15) is 24.7 Å². The van der Waals surface area contributed by atoms with E-state index < -0.39 is 0 Å². The molecule has 1 heterocycles. The van der Waals surface area contributed by atoms with Gasteiger partial charge in [-0.2, -0.15) is 0 Å². The second-order valence-electron chi connectivity index (χ2n) is 6.40. The lowest BCUT2D eigenvalue weighted by atomic mass is 10.1. The lowest BCUT2D eigenvalue weighted by Gasteiger charge is -2.25. The van der Waals surface area contributed by atoms with Gasteiger partial charge in [-0.05, 0) is 35.9 Å². The van der Waals surface area contributed by atoms with E-state index in [4.69, 9.17) is 9.15 Å². The van der Waals surface area contributed by atoms with Crippen molar-refractivity contribution in [2.75, 3.05) is 38.0 Å². The molecule has 0 saturated carbocycles. The molecule has 0 fully saturated rings. The number of furan rings is 1. The largest absolute Gasteiger partial charge is 0.467 e. The molecule has 0 aliphatic heterocycles. The number of hydrogen-bond donors (Lipinski definition) is 1. The average molecular weight is 373 g/mol. The van der Waals surface area contributed by atoms with Crippen molar-refractivity contribution in [3.8, 4) is 0 Å². The van der Waals surface area contributed by atoms with E-state index in [0.29, 0.717) is 25.2 Å². The number of ether oxygens (including phenoxy) is 1. The van der Waals surface area contributed by atoms with E-state index in [1.165, 1.54) is 7.11 Å². The van der Waals surface area contributed by atoms with E-state index in [1.807, 2.05) is 50.2 Å². The standard InChI is InChI=1S/C20H27N3O4/c1-5-20(25)23(13-17-7-6-10-27-17)12-15-11-16(21-19(24)14-26-4)8-9-18(15)22(2)3/h6-11H,5,12-14H2,1-4H3,(H,21,24). The predicted molar refractivity (Wildman–Crippen MR) is 105 cm³/mol. The fraction of sp³-hybridized carbons (Fsp3) is 0.400. The van der Waals surface area contributed by atoms with Crippen LogP contribution in [0.25, 0.3) is 0 Å². The number of nitrogens with one attached hydrogen (secondary N) is 1. The summed E-state index contributed by atoms with van der Waals surface area (Å²) in [5.41, 5.74) is 2.58. The summed E-state index contributed by atoms with van der Waals surface area (Å²) in [6, 6.07) is 9.32. The van der Waals surface area contributed by atoms with Gasteiger partial charge in [0.1, 0.15) is 12.4 Å². The summed E-state index contributed by atoms with van der Waals surface area (Å²) in [7, 11) is 5.37. The number of benzene rings is 1. The fourth-order valence-corrected chi connectivity index (χ4v) is 2.81. The monoisotopic (exact) mass is 373 g/mol. The molecule has 0 bridgehead atoms. The third kappa shape index (κ3) is 5.86. The second-order valence-corrected chi connectivity index (χ2v) is 6.40. The number of anilines is 2. The summed E-state index contributed by atoms with van der Waals surface area (Å²) >= 11 is 0. The number of carbonyl (C=O) groups excluding carboxylic acids is 2. The van der Waals surface area contributed by atoms with Crippen molar-refractivity contribution in [1.29, 1.82) is 0 Å². The molecule has 1 N–H and O–H groups in total. The van der Waals surface area contributed by atoms with E-state index in [9.17, 15) is 9.59 Å². The first-order valence-corrected chi connectivity index (χ1v) is 8.83.